The Balaban J connectivity index is 1.21. The zero-order chi connectivity index (χ0) is 29.0. The van der Waals surface area contributed by atoms with Crippen molar-refractivity contribution in [2.45, 2.75) is 58.1 Å². The molecular weight excluding hydrogens is 539 g/mol. The summed E-state index contributed by atoms with van der Waals surface area (Å²) in [4.78, 5) is 36.5. The number of aryl methyl sites for hydroxylation is 2. The van der Waals surface area contributed by atoms with Gasteiger partial charge in [-0.1, -0.05) is 6.07 Å². The molecule has 4 aromatic rings. The van der Waals surface area contributed by atoms with Crippen molar-refractivity contribution in [3.05, 3.63) is 88.4 Å². The van der Waals surface area contributed by atoms with Gasteiger partial charge in [-0.15, -0.1) is 0 Å². The fourth-order valence-corrected chi connectivity index (χ4v) is 5.70. The van der Waals surface area contributed by atoms with Crippen LogP contribution in [-0.2, 0) is 17.7 Å². The van der Waals surface area contributed by atoms with Crippen LogP contribution in [0.25, 0.3) is 5.82 Å². The summed E-state index contributed by atoms with van der Waals surface area (Å²) in [5, 5.41) is 7.37. The van der Waals surface area contributed by atoms with Crippen molar-refractivity contribution in [1.82, 2.24) is 19.7 Å². The van der Waals surface area contributed by atoms with Crippen LogP contribution >= 0.6 is 0 Å². The fraction of sp³-hybridized carbons (Fsp3) is 0.323. The molecule has 1 saturated carbocycles. The van der Waals surface area contributed by atoms with Gasteiger partial charge in [0.2, 0.25) is 0 Å². The molecule has 2 amide bonds. The summed E-state index contributed by atoms with van der Waals surface area (Å²) in [7, 11) is 0. The first kappa shape index (κ1) is 26.1. The number of carbonyl (C=O) groups is 2. The minimum absolute atomic E-state index is 0.272. The number of anilines is 2. The number of rotatable bonds is 6. The molecule has 0 spiro atoms. The van der Waals surface area contributed by atoms with Crippen LogP contribution in [0.2, 0.25) is 0 Å². The molecule has 1 unspecified atom stereocenters. The smallest absolute Gasteiger partial charge is 0.341 e. The number of benzene rings is 1. The van der Waals surface area contributed by atoms with Crippen LogP contribution in [0.3, 0.4) is 0 Å². The molecule has 3 aliphatic rings. The molecule has 11 heteroatoms. The van der Waals surface area contributed by atoms with E-state index < -0.39 is 17.9 Å². The van der Waals surface area contributed by atoms with Gasteiger partial charge < -0.3 is 14.8 Å². The van der Waals surface area contributed by atoms with Crippen LogP contribution < -0.4 is 15.0 Å². The normalized spacial score (nSPS) is 17.6. The van der Waals surface area contributed by atoms with Crippen molar-refractivity contribution in [2.75, 3.05) is 16.8 Å². The van der Waals surface area contributed by atoms with Gasteiger partial charge in [-0.2, -0.15) is 5.10 Å². The number of urea groups is 1. The Morgan fingerprint density at radius 3 is 2.86 bits per heavy atom. The lowest BCUT2D eigenvalue weighted by Crippen LogP contribution is -2.40. The molecule has 0 saturated heterocycles. The lowest BCUT2D eigenvalue weighted by atomic mass is 9.96. The number of ether oxygens (including phenoxy) is 2. The highest BCUT2D eigenvalue weighted by molar-refractivity contribution is 6.05. The molecule has 5 heterocycles. The molecule has 0 bridgehead atoms. The monoisotopic (exact) mass is 568 g/mol. The minimum atomic E-state index is -0.499. The van der Waals surface area contributed by atoms with E-state index in [1.165, 1.54) is 16.9 Å². The van der Waals surface area contributed by atoms with Crippen LogP contribution in [0.15, 0.2) is 48.9 Å². The molecule has 1 fully saturated rings. The molecular formula is C31H29FN6O4. The first-order valence-electron chi connectivity index (χ1n) is 14.1. The van der Waals surface area contributed by atoms with Gasteiger partial charge in [-0.3, -0.25) is 9.88 Å². The van der Waals surface area contributed by atoms with Crippen LogP contribution in [-0.4, -0.2) is 38.4 Å². The van der Waals surface area contributed by atoms with E-state index in [0.29, 0.717) is 35.8 Å². The second kappa shape index (κ2) is 10.2. The predicted molar refractivity (Wildman–Crippen MR) is 152 cm³/mol. The molecule has 3 aromatic heterocycles. The van der Waals surface area contributed by atoms with Crippen molar-refractivity contribution in [3.8, 4) is 11.6 Å². The molecule has 214 valence electrons. The van der Waals surface area contributed by atoms with E-state index in [2.05, 4.69) is 15.4 Å². The van der Waals surface area contributed by atoms with Gasteiger partial charge in [0, 0.05) is 36.0 Å². The fourth-order valence-electron chi connectivity index (χ4n) is 5.70. The molecule has 10 nitrogen and oxygen atoms in total. The highest BCUT2D eigenvalue weighted by Crippen LogP contribution is 2.45. The highest BCUT2D eigenvalue weighted by atomic mass is 19.1. The Kier molecular flexibility index (Phi) is 6.37. The number of amides is 2. The summed E-state index contributed by atoms with van der Waals surface area (Å²) in [5.74, 6) is 0.595. The second-order valence-corrected chi connectivity index (χ2v) is 10.8. The number of hydrogen-bond acceptors (Lipinski definition) is 7. The molecule has 1 N–H and O–H groups in total. The van der Waals surface area contributed by atoms with Crippen LogP contribution in [0.5, 0.6) is 5.75 Å². The number of aromatic nitrogens is 4. The number of pyridine rings is 2. The first-order valence-corrected chi connectivity index (χ1v) is 14.1. The average molecular weight is 569 g/mol. The predicted octanol–water partition coefficient (Wildman–Crippen LogP) is 5.78. The highest BCUT2D eigenvalue weighted by Gasteiger charge is 2.35. The maximum atomic E-state index is 14.5. The first-order chi connectivity index (χ1) is 20.4. The largest absolute Gasteiger partial charge is 0.484 e. The van der Waals surface area contributed by atoms with Crippen molar-refractivity contribution in [2.24, 2.45) is 0 Å². The zero-order valence-corrected chi connectivity index (χ0v) is 23.3. The molecule has 0 radical (unpaired) electrons. The number of esters is 1. The lowest BCUT2D eigenvalue weighted by Gasteiger charge is -2.33. The quantitative estimate of drug-likeness (QED) is 0.294. The molecule has 7 rings (SSSR count). The number of fused-ring (bicyclic) bond motifs is 2. The number of hydrogen-bond donors (Lipinski definition) is 1. The second-order valence-electron chi connectivity index (χ2n) is 10.8. The van der Waals surface area contributed by atoms with Gasteiger partial charge in [0.15, 0.2) is 5.82 Å². The lowest BCUT2D eigenvalue weighted by molar-refractivity contribution is 0.0526. The van der Waals surface area contributed by atoms with E-state index in [4.69, 9.17) is 14.5 Å². The third kappa shape index (κ3) is 4.64. The Hall–Kier alpha value is -4.80. The Bertz CT molecular complexity index is 1730. The van der Waals surface area contributed by atoms with Crippen LogP contribution in [0.4, 0.5) is 20.6 Å². The minimum Gasteiger partial charge on any atom is -0.484 e. The van der Waals surface area contributed by atoms with Crippen molar-refractivity contribution in [3.63, 3.8) is 0 Å². The SMILES string of the molecule is CCOC(=O)c1cnn(-c2cc3c(c(C4CC4)n2)CN(c2cc4c(cc2C)CCC(c2ncccc2F)O4)C(=O)N3)c1. The number of carbonyl (C=O) groups excluding carboxylic acids is 2. The summed E-state index contributed by atoms with van der Waals surface area (Å²) < 4.78 is 27.3. The van der Waals surface area contributed by atoms with E-state index in [-0.39, 0.29) is 24.2 Å². The van der Waals surface area contributed by atoms with Crippen molar-refractivity contribution < 1.29 is 23.5 Å². The van der Waals surface area contributed by atoms with Gasteiger partial charge in [0.25, 0.3) is 0 Å². The van der Waals surface area contributed by atoms with E-state index in [9.17, 15) is 14.0 Å². The van der Waals surface area contributed by atoms with Gasteiger partial charge in [-0.05, 0) is 62.8 Å². The zero-order valence-electron chi connectivity index (χ0n) is 23.3. The Labute approximate surface area is 241 Å². The summed E-state index contributed by atoms with van der Waals surface area (Å²) >= 11 is 0. The molecule has 42 heavy (non-hydrogen) atoms. The van der Waals surface area contributed by atoms with Crippen molar-refractivity contribution >= 4 is 23.4 Å². The van der Waals surface area contributed by atoms with E-state index in [0.717, 1.165) is 47.3 Å². The van der Waals surface area contributed by atoms with Crippen molar-refractivity contribution in [1.29, 1.82) is 0 Å². The Morgan fingerprint density at radius 2 is 2.07 bits per heavy atom. The van der Waals surface area contributed by atoms with Gasteiger partial charge in [0.05, 0.1) is 42.0 Å². The summed E-state index contributed by atoms with van der Waals surface area (Å²) in [6.07, 6.45) is 7.47. The third-order valence-electron chi connectivity index (χ3n) is 7.95. The summed E-state index contributed by atoms with van der Waals surface area (Å²) in [5.41, 5.74) is 5.84. The number of halogens is 1. The molecule has 1 aliphatic carbocycles. The summed E-state index contributed by atoms with van der Waals surface area (Å²) in [6, 6.07) is 8.38. The summed E-state index contributed by atoms with van der Waals surface area (Å²) in [6.45, 7) is 4.34. The standard InChI is InChI=1S/C31H29FN6O4/c1-3-41-30(39)20-14-34-38(15-20)27-12-23-21(28(36-27)18-6-7-18)16-37(31(40)35-23)24-13-26-19(11-17(24)2)8-9-25(42-26)29-22(32)5-4-10-33-29/h4-5,10-15,18,25H,3,6-9,16H2,1-2H3,(H,35,40). The Morgan fingerprint density at radius 1 is 1.21 bits per heavy atom. The van der Waals surface area contributed by atoms with Gasteiger partial charge in [-0.25, -0.2) is 23.6 Å². The molecule has 1 aromatic carbocycles. The van der Waals surface area contributed by atoms with Crippen LogP contribution in [0, 0.1) is 12.7 Å². The maximum Gasteiger partial charge on any atom is 0.341 e. The topological polar surface area (TPSA) is 111 Å². The average Bonchev–Trinajstić information content (AvgIpc) is 3.71. The number of nitrogens with zero attached hydrogens (tertiary/aromatic N) is 5. The van der Waals surface area contributed by atoms with Crippen LogP contribution in [0.1, 0.15) is 76.6 Å². The molecule has 1 atom stereocenters. The van der Waals surface area contributed by atoms with Gasteiger partial charge in [0.1, 0.15) is 23.4 Å². The molecule has 2 aliphatic heterocycles. The third-order valence-corrected chi connectivity index (χ3v) is 7.95. The maximum absolute atomic E-state index is 14.5. The number of nitrogens with one attached hydrogen (secondary N) is 1. The van der Waals surface area contributed by atoms with Gasteiger partial charge >= 0.3 is 12.0 Å². The van der Waals surface area contributed by atoms with E-state index in [1.54, 1.807) is 36.4 Å². The van der Waals surface area contributed by atoms with E-state index >= 15 is 0 Å². The van der Waals surface area contributed by atoms with E-state index in [1.807, 2.05) is 19.1 Å².